The predicted molar refractivity (Wildman–Crippen MR) is 55.7 cm³/mol. The van der Waals surface area contributed by atoms with Crippen LogP contribution in [0.3, 0.4) is 0 Å². The van der Waals surface area contributed by atoms with Crippen molar-refractivity contribution in [1.29, 1.82) is 0 Å². The Morgan fingerprint density at radius 3 is 2.64 bits per heavy atom. The topological polar surface area (TPSA) is 20.3 Å². The maximum absolute atomic E-state index is 12.0. The fourth-order valence-electron chi connectivity index (χ4n) is 2.42. The first kappa shape index (κ1) is 8.04. The van der Waals surface area contributed by atoms with Gasteiger partial charge in [-0.15, -0.1) is 0 Å². The van der Waals surface area contributed by atoms with E-state index in [0.717, 1.165) is 11.3 Å². The summed E-state index contributed by atoms with van der Waals surface area (Å²) in [7, 11) is 2.03. The molecule has 1 unspecified atom stereocenters. The third-order valence-electron chi connectivity index (χ3n) is 3.30. The average molecular weight is 187 g/mol. The highest BCUT2D eigenvalue weighted by atomic mass is 16.1. The largest absolute Gasteiger partial charge is 0.363 e. The highest BCUT2D eigenvalue weighted by Crippen LogP contribution is 2.42. The Bertz CT molecular complexity index is 395. The van der Waals surface area contributed by atoms with Crippen LogP contribution in [-0.2, 0) is 0 Å². The number of nitrogens with zero attached hydrogens (tertiary/aromatic N) is 1. The van der Waals surface area contributed by atoms with Crippen LogP contribution in [-0.4, -0.2) is 18.9 Å². The SMILES string of the molecule is CN1c2ccccc2C(=O)C1C1CC1. The lowest BCUT2D eigenvalue weighted by atomic mass is 10.1. The van der Waals surface area contributed by atoms with E-state index in [2.05, 4.69) is 4.90 Å². The second-order valence-corrected chi connectivity index (χ2v) is 4.27. The zero-order valence-electron chi connectivity index (χ0n) is 8.23. The highest BCUT2D eigenvalue weighted by molar-refractivity contribution is 6.11. The van der Waals surface area contributed by atoms with Crippen LogP contribution in [0, 0.1) is 5.92 Å². The van der Waals surface area contributed by atoms with Crippen LogP contribution in [0.25, 0.3) is 0 Å². The molecule has 0 bridgehead atoms. The van der Waals surface area contributed by atoms with Crippen LogP contribution in [0.1, 0.15) is 23.2 Å². The molecule has 1 fully saturated rings. The normalized spacial score (nSPS) is 25.4. The molecular formula is C12H13NO. The minimum absolute atomic E-state index is 0.132. The standard InChI is InChI=1S/C12H13NO/c1-13-10-5-3-2-4-9(10)12(14)11(13)8-6-7-8/h2-5,8,11H,6-7H2,1H3. The van der Waals surface area contributed by atoms with E-state index in [0.29, 0.717) is 11.7 Å². The molecule has 0 N–H and O–H groups in total. The smallest absolute Gasteiger partial charge is 0.187 e. The van der Waals surface area contributed by atoms with Gasteiger partial charge in [-0.05, 0) is 30.9 Å². The van der Waals surface area contributed by atoms with E-state index in [1.807, 2.05) is 31.3 Å². The Kier molecular flexibility index (Phi) is 1.49. The van der Waals surface area contributed by atoms with Gasteiger partial charge in [0.15, 0.2) is 5.78 Å². The molecule has 0 spiro atoms. The number of Topliss-reactive ketones (excluding diaryl/α,β-unsaturated/α-hetero) is 1. The molecule has 1 atom stereocenters. The molecule has 1 aromatic rings. The quantitative estimate of drug-likeness (QED) is 0.671. The summed E-state index contributed by atoms with van der Waals surface area (Å²) in [6.07, 6.45) is 2.43. The summed E-state index contributed by atoms with van der Waals surface area (Å²) >= 11 is 0. The Morgan fingerprint density at radius 2 is 2.00 bits per heavy atom. The lowest BCUT2D eigenvalue weighted by molar-refractivity contribution is 0.0963. The van der Waals surface area contributed by atoms with Crippen LogP contribution in [0.15, 0.2) is 24.3 Å². The molecular weight excluding hydrogens is 174 g/mol. The molecule has 2 aliphatic rings. The Morgan fingerprint density at radius 1 is 1.29 bits per heavy atom. The Hall–Kier alpha value is -1.31. The lowest BCUT2D eigenvalue weighted by Crippen LogP contribution is -2.33. The van der Waals surface area contributed by atoms with Crippen molar-refractivity contribution >= 4 is 11.5 Å². The monoisotopic (exact) mass is 187 g/mol. The molecule has 1 aliphatic carbocycles. The fourth-order valence-corrected chi connectivity index (χ4v) is 2.42. The summed E-state index contributed by atoms with van der Waals surface area (Å²) in [5.41, 5.74) is 2.02. The molecule has 1 heterocycles. The minimum Gasteiger partial charge on any atom is -0.363 e. The zero-order chi connectivity index (χ0) is 9.71. The van der Waals surface area contributed by atoms with Gasteiger partial charge in [0.2, 0.25) is 0 Å². The first-order valence-electron chi connectivity index (χ1n) is 5.15. The molecule has 1 saturated carbocycles. The van der Waals surface area contributed by atoms with Gasteiger partial charge in [0.1, 0.15) is 0 Å². The van der Waals surface area contributed by atoms with E-state index in [4.69, 9.17) is 0 Å². The van der Waals surface area contributed by atoms with Crippen molar-refractivity contribution in [2.45, 2.75) is 18.9 Å². The number of anilines is 1. The van der Waals surface area contributed by atoms with E-state index >= 15 is 0 Å². The molecule has 0 amide bonds. The van der Waals surface area contributed by atoms with Gasteiger partial charge in [-0.1, -0.05) is 12.1 Å². The molecule has 3 rings (SSSR count). The first-order chi connectivity index (χ1) is 6.79. The van der Waals surface area contributed by atoms with Crippen molar-refractivity contribution in [3.63, 3.8) is 0 Å². The van der Waals surface area contributed by atoms with Gasteiger partial charge in [-0.25, -0.2) is 0 Å². The number of hydrogen-bond donors (Lipinski definition) is 0. The molecule has 0 saturated heterocycles. The number of rotatable bonds is 1. The summed E-state index contributed by atoms with van der Waals surface area (Å²) in [6, 6.07) is 8.05. The number of hydrogen-bond acceptors (Lipinski definition) is 2. The number of carbonyl (C=O) groups is 1. The predicted octanol–water partition coefficient (Wildman–Crippen LogP) is 2.10. The van der Waals surface area contributed by atoms with Crippen molar-refractivity contribution in [3.8, 4) is 0 Å². The van der Waals surface area contributed by atoms with Crippen molar-refractivity contribution in [2.24, 2.45) is 5.92 Å². The van der Waals surface area contributed by atoms with Crippen molar-refractivity contribution < 1.29 is 4.79 Å². The summed E-state index contributed by atoms with van der Waals surface area (Å²) < 4.78 is 0. The highest BCUT2D eigenvalue weighted by Gasteiger charge is 2.44. The fraction of sp³-hybridized carbons (Fsp3) is 0.417. The first-order valence-corrected chi connectivity index (χ1v) is 5.15. The van der Waals surface area contributed by atoms with Gasteiger partial charge in [-0.3, -0.25) is 4.79 Å². The van der Waals surface area contributed by atoms with Crippen LogP contribution < -0.4 is 4.90 Å². The Labute approximate surface area is 83.5 Å². The number of ketones is 1. The van der Waals surface area contributed by atoms with Crippen molar-refractivity contribution in [3.05, 3.63) is 29.8 Å². The van der Waals surface area contributed by atoms with E-state index in [1.165, 1.54) is 12.8 Å². The van der Waals surface area contributed by atoms with Crippen molar-refractivity contribution in [2.75, 3.05) is 11.9 Å². The second-order valence-electron chi connectivity index (χ2n) is 4.27. The summed E-state index contributed by atoms with van der Waals surface area (Å²) in [4.78, 5) is 14.2. The van der Waals surface area contributed by atoms with Gasteiger partial charge in [0, 0.05) is 18.3 Å². The molecule has 0 aromatic heterocycles. The van der Waals surface area contributed by atoms with Crippen molar-refractivity contribution in [1.82, 2.24) is 0 Å². The van der Waals surface area contributed by atoms with E-state index < -0.39 is 0 Å². The maximum atomic E-state index is 12.0. The molecule has 1 aromatic carbocycles. The zero-order valence-corrected chi connectivity index (χ0v) is 8.23. The maximum Gasteiger partial charge on any atom is 0.187 e. The molecule has 14 heavy (non-hydrogen) atoms. The van der Waals surface area contributed by atoms with Gasteiger partial charge < -0.3 is 4.90 Å². The second kappa shape index (κ2) is 2.59. The van der Waals surface area contributed by atoms with Gasteiger partial charge in [0.25, 0.3) is 0 Å². The van der Waals surface area contributed by atoms with E-state index in [1.54, 1.807) is 0 Å². The lowest BCUT2D eigenvalue weighted by Gasteiger charge is -2.20. The summed E-state index contributed by atoms with van der Waals surface area (Å²) in [5.74, 6) is 0.936. The van der Waals surface area contributed by atoms with Crippen LogP contribution in [0.2, 0.25) is 0 Å². The number of benzene rings is 1. The molecule has 1 aliphatic heterocycles. The number of likely N-dealkylation sites (N-methyl/N-ethyl adjacent to an activating group) is 1. The van der Waals surface area contributed by atoms with Crippen LogP contribution in [0.4, 0.5) is 5.69 Å². The third-order valence-corrected chi connectivity index (χ3v) is 3.30. The number of fused-ring (bicyclic) bond motifs is 1. The molecule has 2 heteroatoms. The minimum atomic E-state index is 0.132. The van der Waals surface area contributed by atoms with E-state index in [-0.39, 0.29) is 6.04 Å². The van der Waals surface area contributed by atoms with Crippen LogP contribution in [0.5, 0.6) is 0 Å². The summed E-state index contributed by atoms with van der Waals surface area (Å²) in [6.45, 7) is 0. The average Bonchev–Trinajstić information content (AvgIpc) is 2.99. The number of carbonyl (C=O) groups excluding carboxylic acids is 1. The molecule has 0 radical (unpaired) electrons. The van der Waals surface area contributed by atoms with Gasteiger partial charge in [-0.2, -0.15) is 0 Å². The van der Waals surface area contributed by atoms with Gasteiger partial charge >= 0.3 is 0 Å². The van der Waals surface area contributed by atoms with Gasteiger partial charge in [0.05, 0.1) is 6.04 Å². The Balaban J connectivity index is 2.07. The molecule has 72 valence electrons. The van der Waals surface area contributed by atoms with E-state index in [9.17, 15) is 4.79 Å². The molecule has 2 nitrogen and oxygen atoms in total. The summed E-state index contributed by atoms with van der Waals surface area (Å²) in [5, 5.41) is 0. The number of para-hydroxylation sites is 1. The van der Waals surface area contributed by atoms with Crippen LogP contribution >= 0.6 is 0 Å². The third kappa shape index (κ3) is 0.939.